The fourth-order valence-electron chi connectivity index (χ4n) is 2.70. The summed E-state index contributed by atoms with van der Waals surface area (Å²) in [6.07, 6.45) is 3.96. The van der Waals surface area contributed by atoms with Crippen molar-refractivity contribution in [2.75, 3.05) is 0 Å². The number of hydrogen-bond donors (Lipinski definition) is 2. The number of nitrogens with one attached hydrogen (secondary N) is 1. The van der Waals surface area contributed by atoms with Gasteiger partial charge in [0.2, 0.25) is 10.0 Å². The molecule has 0 saturated heterocycles. The first-order valence-corrected chi connectivity index (χ1v) is 8.76. The molecule has 110 valence electrons. The highest BCUT2D eigenvalue weighted by molar-refractivity contribution is 7.88. The molecule has 0 amide bonds. The monoisotopic (exact) mass is 312 g/mol. The molecule has 0 unspecified atom stereocenters. The lowest BCUT2D eigenvalue weighted by atomic mass is 10.0. The summed E-state index contributed by atoms with van der Waals surface area (Å²) in [6, 6.07) is 7.07. The summed E-state index contributed by atoms with van der Waals surface area (Å²) < 4.78 is 27.4. The third-order valence-electron chi connectivity index (χ3n) is 3.68. The fraction of sp³-hybridized carbons (Fsp3) is 0.500. The topological polar surface area (TPSA) is 72.2 Å². The Hall–Kier alpha value is -0.980. The summed E-state index contributed by atoms with van der Waals surface area (Å²) in [4.78, 5) is 0.278. The fourth-order valence-corrected chi connectivity index (χ4v) is 4.48. The molecule has 1 fully saturated rings. The molecule has 1 aromatic rings. The van der Waals surface area contributed by atoms with Gasteiger partial charge in [0.15, 0.2) is 0 Å². The van der Waals surface area contributed by atoms with Crippen LogP contribution >= 0.6 is 12.2 Å². The third kappa shape index (κ3) is 4.01. The van der Waals surface area contributed by atoms with Crippen molar-refractivity contribution in [1.29, 1.82) is 0 Å². The Labute approximate surface area is 125 Å². The molecule has 1 saturated carbocycles. The Bertz CT molecular complexity index is 605. The maximum atomic E-state index is 12.3. The number of nitrogens with two attached hydrogens (primary N) is 1. The SMILES string of the molecule is CC1(NS(=O)(=O)Cc2cccc(C(N)=S)c2)CCCC1. The highest BCUT2D eigenvalue weighted by Gasteiger charge is 2.32. The van der Waals surface area contributed by atoms with Crippen molar-refractivity contribution < 1.29 is 8.42 Å². The van der Waals surface area contributed by atoms with Crippen LogP contribution in [-0.2, 0) is 15.8 Å². The van der Waals surface area contributed by atoms with Gasteiger partial charge in [0.05, 0.1) is 5.75 Å². The predicted molar refractivity (Wildman–Crippen MR) is 85.0 cm³/mol. The van der Waals surface area contributed by atoms with Gasteiger partial charge >= 0.3 is 0 Å². The van der Waals surface area contributed by atoms with Crippen molar-refractivity contribution in [3.63, 3.8) is 0 Å². The van der Waals surface area contributed by atoms with Crippen molar-refractivity contribution in [2.24, 2.45) is 5.73 Å². The van der Waals surface area contributed by atoms with Crippen molar-refractivity contribution in [1.82, 2.24) is 4.72 Å². The Morgan fingerprint density at radius 2 is 2.05 bits per heavy atom. The van der Waals surface area contributed by atoms with Gasteiger partial charge < -0.3 is 5.73 Å². The molecule has 0 aromatic heterocycles. The number of hydrogen-bond acceptors (Lipinski definition) is 3. The smallest absolute Gasteiger partial charge is 0.216 e. The lowest BCUT2D eigenvalue weighted by Crippen LogP contribution is -2.44. The van der Waals surface area contributed by atoms with Crippen LogP contribution in [0.4, 0.5) is 0 Å². The Morgan fingerprint density at radius 3 is 2.65 bits per heavy atom. The zero-order valence-electron chi connectivity index (χ0n) is 11.6. The van der Waals surface area contributed by atoms with Gasteiger partial charge in [0, 0.05) is 11.1 Å². The Morgan fingerprint density at radius 1 is 1.40 bits per heavy atom. The van der Waals surface area contributed by atoms with Crippen LogP contribution < -0.4 is 10.5 Å². The van der Waals surface area contributed by atoms with Gasteiger partial charge in [0.25, 0.3) is 0 Å². The summed E-state index contributed by atoms with van der Waals surface area (Å²) >= 11 is 4.91. The van der Waals surface area contributed by atoms with Crippen LogP contribution in [0.3, 0.4) is 0 Å². The molecule has 2 rings (SSSR count). The largest absolute Gasteiger partial charge is 0.389 e. The number of benzene rings is 1. The van der Waals surface area contributed by atoms with E-state index in [4.69, 9.17) is 18.0 Å². The Balaban J connectivity index is 2.12. The van der Waals surface area contributed by atoms with Gasteiger partial charge in [-0.2, -0.15) is 0 Å². The number of thiocarbonyl (C=S) groups is 1. The van der Waals surface area contributed by atoms with E-state index in [0.717, 1.165) is 25.7 Å². The molecule has 0 spiro atoms. The zero-order valence-corrected chi connectivity index (χ0v) is 13.2. The highest BCUT2D eigenvalue weighted by Crippen LogP contribution is 2.30. The molecule has 0 atom stereocenters. The van der Waals surface area contributed by atoms with Crippen molar-refractivity contribution >= 4 is 27.2 Å². The van der Waals surface area contributed by atoms with Crippen LogP contribution in [0.15, 0.2) is 24.3 Å². The van der Waals surface area contributed by atoms with Crippen molar-refractivity contribution in [2.45, 2.75) is 43.9 Å². The van der Waals surface area contributed by atoms with Gasteiger partial charge in [-0.1, -0.05) is 43.3 Å². The van der Waals surface area contributed by atoms with E-state index in [1.54, 1.807) is 24.3 Å². The molecule has 0 heterocycles. The molecular formula is C14H20N2O2S2. The minimum atomic E-state index is -3.35. The van der Waals surface area contributed by atoms with Gasteiger partial charge in [-0.05, 0) is 31.4 Å². The lowest BCUT2D eigenvalue weighted by Gasteiger charge is -2.24. The van der Waals surface area contributed by atoms with Crippen LogP contribution in [0, 0.1) is 0 Å². The highest BCUT2D eigenvalue weighted by atomic mass is 32.2. The minimum absolute atomic E-state index is 0.0426. The van der Waals surface area contributed by atoms with E-state index in [0.29, 0.717) is 11.1 Å². The van der Waals surface area contributed by atoms with Gasteiger partial charge in [0.1, 0.15) is 4.99 Å². The number of rotatable bonds is 5. The molecular weight excluding hydrogens is 292 g/mol. The van der Waals surface area contributed by atoms with E-state index in [1.807, 2.05) is 6.92 Å². The molecule has 6 heteroatoms. The average Bonchev–Trinajstić information content (AvgIpc) is 2.74. The van der Waals surface area contributed by atoms with E-state index in [2.05, 4.69) is 4.72 Å². The maximum absolute atomic E-state index is 12.3. The van der Waals surface area contributed by atoms with Gasteiger partial charge in [-0.3, -0.25) is 0 Å². The van der Waals surface area contributed by atoms with Gasteiger partial charge in [-0.15, -0.1) is 0 Å². The summed E-state index contributed by atoms with van der Waals surface area (Å²) in [6.45, 7) is 1.98. The van der Waals surface area contributed by atoms with Crippen LogP contribution in [-0.4, -0.2) is 18.9 Å². The second-order valence-corrected chi connectivity index (χ2v) is 7.86. The lowest BCUT2D eigenvalue weighted by molar-refractivity contribution is 0.427. The summed E-state index contributed by atoms with van der Waals surface area (Å²) in [5, 5.41) is 0. The molecule has 1 aromatic carbocycles. The molecule has 1 aliphatic rings. The van der Waals surface area contributed by atoms with E-state index in [1.165, 1.54) is 0 Å². The molecule has 0 radical (unpaired) electrons. The van der Waals surface area contributed by atoms with Crippen LogP contribution in [0.1, 0.15) is 43.7 Å². The first-order valence-electron chi connectivity index (χ1n) is 6.70. The minimum Gasteiger partial charge on any atom is -0.389 e. The molecule has 20 heavy (non-hydrogen) atoms. The van der Waals surface area contributed by atoms with E-state index >= 15 is 0 Å². The van der Waals surface area contributed by atoms with E-state index in [-0.39, 0.29) is 16.3 Å². The zero-order chi connectivity index (χ0) is 14.8. The normalized spacial score (nSPS) is 18.1. The second kappa shape index (κ2) is 5.79. The molecule has 3 N–H and O–H groups in total. The van der Waals surface area contributed by atoms with Crippen molar-refractivity contribution in [3.05, 3.63) is 35.4 Å². The van der Waals surface area contributed by atoms with E-state index in [9.17, 15) is 8.42 Å². The molecule has 4 nitrogen and oxygen atoms in total. The predicted octanol–water partition coefficient (Wildman–Crippen LogP) is 2.07. The quantitative estimate of drug-likeness (QED) is 0.817. The average molecular weight is 312 g/mol. The second-order valence-electron chi connectivity index (χ2n) is 5.69. The number of sulfonamides is 1. The van der Waals surface area contributed by atoms with E-state index < -0.39 is 10.0 Å². The molecule has 0 bridgehead atoms. The third-order valence-corrected chi connectivity index (χ3v) is 5.43. The molecule has 0 aliphatic heterocycles. The summed E-state index contributed by atoms with van der Waals surface area (Å²) in [7, 11) is -3.35. The molecule has 1 aliphatic carbocycles. The maximum Gasteiger partial charge on any atom is 0.216 e. The summed E-state index contributed by atoms with van der Waals surface area (Å²) in [5.74, 6) is -0.0426. The standard InChI is InChI=1S/C14H20N2O2S2/c1-14(7-2-3-8-14)16-20(17,18)10-11-5-4-6-12(9-11)13(15)19/h4-6,9,16H,2-3,7-8,10H2,1H3,(H2,15,19). The summed E-state index contributed by atoms with van der Waals surface area (Å²) in [5.41, 5.74) is 6.67. The van der Waals surface area contributed by atoms with Crippen LogP contribution in [0.5, 0.6) is 0 Å². The van der Waals surface area contributed by atoms with Crippen LogP contribution in [0.25, 0.3) is 0 Å². The van der Waals surface area contributed by atoms with Crippen molar-refractivity contribution in [3.8, 4) is 0 Å². The van der Waals surface area contributed by atoms with Gasteiger partial charge in [-0.25, -0.2) is 13.1 Å². The first-order chi connectivity index (χ1) is 9.30. The van der Waals surface area contributed by atoms with Crippen LogP contribution in [0.2, 0.25) is 0 Å². The first kappa shape index (κ1) is 15.4. The Kier molecular flexibility index (Phi) is 4.46.